The molecule has 1 aromatic rings. The lowest BCUT2D eigenvalue weighted by Gasteiger charge is -2.45. The fraction of sp³-hybridized carbons (Fsp3) is 0.400. The summed E-state index contributed by atoms with van der Waals surface area (Å²) in [4.78, 5) is 0. The summed E-state index contributed by atoms with van der Waals surface area (Å²) in [5, 5.41) is 0. The summed E-state index contributed by atoms with van der Waals surface area (Å²) in [6.45, 7) is 2.14. The van der Waals surface area contributed by atoms with Crippen molar-refractivity contribution in [3.05, 3.63) is 71.6 Å². The Morgan fingerprint density at radius 1 is 1.15 bits per heavy atom. The molecule has 0 radical (unpaired) electrons. The second kappa shape index (κ2) is 6.73. The summed E-state index contributed by atoms with van der Waals surface area (Å²) in [6.07, 6.45) is 6.12. The smallest absolute Gasteiger partial charge is 0.275 e. The maximum Gasteiger partial charge on any atom is 0.275 e. The molecule has 4 rings (SSSR count). The van der Waals surface area contributed by atoms with Crippen molar-refractivity contribution in [2.45, 2.75) is 36.9 Å². The molecule has 3 atom stereocenters. The molecule has 0 aromatic heterocycles. The second-order valence-corrected chi connectivity index (χ2v) is 9.00. The Morgan fingerprint density at radius 2 is 1.93 bits per heavy atom. The SMILES string of the molecule is CC1CCC(C2=COC3=COCOC3=C2)(S(=O)(=O)O)C(c2ccccc2)C1. The molecule has 3 aliphatic rings. The van der Waals surface area contributed by atoms with Crippen LogP contribution in [0.15, 0.2) is 66.0 Å². The highest BCUT2D eigenvalue weighted by Gasteiger charge is 2.55. The lowest BCUT2D eigenvalue weighted by molar-refractivity contribution is -0.00268. The summed E-state index contributed by atoms with van der Waals surface area (Å²) >= 11 is 0. The Bertz CT molecular complexity index is 915. The Balaban J connectivity index is 1.87. The Morgan fingerprint density at radius 3 is 2.67 bits per heavy atom. The molecule has 2 heterocycles. The van der Waals surface area contributed by atoms with E-state index in [4.69, 9.17) is 14.2 Å². The van der Waals surface area contributed by atoms with Gasteiger partial charge in [-0.25, -0.2) is 0 Å². The van der Waals surface area contributed by atoms with Gasteiger partial charge in [-0.1, -0.05) is 37.3 Å². The minimum atomic E-state index is -4.44. The number of allylic oxidation sites excluding steroid dienone is 1. The van der Waals surface area contributed by atoms with Crippen LogP contribution in [0.25, 0.3) is 0 Å². The summed E-state index contributed by atoms with van der Waals surface area (Å²) in [5.41, 5.74) is 1.29. The number of hydrogen-bond donors (Lipinski definition) is 1. The van der Waals surface area contributed by atoms with Crippen LogP contribution < -0.4 is 0 Å². The first-order valence-electron chi connectivity index (χ1n) is 8.98. The van der Waals surface area contributed by atoms with E-state index in [0.29, 0.717) is 42.3 Å². The fourth-order valence-electron chi connectivity index (χ4n) is 4.30. The van der Waals surface area contributed by atoms with Crippen molar-refractivity contribution >= 4 is 10.1 Å². The third kappa shape index (κ3) is 3.04. The first-order valence-corrected chi connectivity index (χ1v) is 10.4. The minimum absolute atomic E-state index is 0.0317. The lowest BCUT2D eigenvalue weighted by atomic mass is 9.68. The summed E-state index contributed by atoms with van der Waals surface area (Å²) in [7, 11) is -4.44. The molecule has 0 saturated heterocycles. The molecule has 144 valence electrons. The molecular formula is C20H22O6S. The summed E-state index contributed by atoms with van der Waals surface area (Å²) in [5.74, 6) is 0.746. The maximum absolute atomic E-state index is 12.8. The number of benzene rings is 1. The molecule has 1 saturated carbocycles. The molecule has 3 unspecified atom stereocenters. The standard InChI is InChI=1S/C20H22O6S/c1-14-7-8-20(27(21,22)23,17(9-14)15-5-3-2-4-6-15)16-10-18-19(25-11-16)12-24-13-26-18/h2-6,10-12,14,17H,7-9,13H2,1H3,(H,21,22,23). The third-order valence-electron chi connectivity index (χ3n) is 5.68. The fourth-order valence-corrected chi connectivity index (χ4v) is 5.67. The predicted molar refractivity (Wildman–Crippen MR) is 98.8 cm³/mol. The zero-order valence-electron chi connectivity index (χ0n) is 15.0. The number of rotatable bonds is 3. The van der Waals surface area contributed by atoms with E-state index in [1.165, 1.54) is 12.5 Å². The Kier molecular flexibility index (Phi) is 4.52. The lowest BCUT2D eigenvalue weighted by Crippen LogP contribution is -2.49. The highest BCUT2D eigenvalue weighted by Crippen LogP contribution is 2.53. The van der Waals surface area contributed by atoms with E-state index < -0.39 is 20.8 Å². The van der Waals surface area contributed by atoms with E-state index in [0.717, 1.165) is 5.56 Å². The zero-order chi connectivity index (χ0) is 19.1. The second-order valence-electron chi connectivity index (χ2n) is 7.32. The molecule has 1 fully saturated rings. The topological polar surface area (TPSA) is 82.1 Å². The Hall–Kier alpha value is -2.25. The number of ether oxygens (including phenoxy) is 3. The van der Waals surface area contributed by atoms with Gasteiger partial charge in [0.15, 0.2) is 5.76 Å². The minimum Gasteiger partial charge on any atom is -0.461 e. The van der Waals surface area contributed by atoms with Crippen LogP contribution in [-0.2, 0) is 24.3 Å². The molecule has 0 bridgehead atoms. The van der Waals surface area contributed by atoms with Gasteiger partial charge < -0.3 is 14.2 Å². The van der Waals surface area contributed by atoms with Gasteiger partial charge in [0.25, 0.3) is 10.1 Å². The molecule has 2 aliphatic heterocycles. The van der Waals surface area contributed by atoms with Crippen molar-refractivity contribution in [3.63, 3.8) is 0 Å². The molecule has 0 spiro atoms. The first-order chi connectivity index (χ1) is 12.9. The van der Waals surface area contributed by atoms with Crippen LogP contribution in [0.4, 0.5) is 0 Å². The van der Waals surface area contributed by atoms with Crippen LogP contribution in [-0.4, -0.2) is 24.5 Å². The van der Waals surface area contributed by atoms with Crippen LogP contribution in [0.5, 0.6) is 0 Å². The monoisotopic (exact) mass is 390 g/mol. The number of fused-ring (bicyclic) bond motifs is 1. The summed E-state index contributed by atoms with van der Waals surface area (Å²) < 4.78 is 50.7. The number of hydrogen-bond acceptors (Lipinski definition) is 5. The molecule has 1 aliphatic carbocycles. The van der Waals surface area contributed by atoms with Crippen molar-refractivity contribution in [1.82, 2.24) is 0 Å². The molecular weight excluding hydrogens is 368 g/mol. The van der Waals surface area contributed by atoms with Crippen LogP contribution in [0.2, 0.25) is 0 Å². The van der Waals surface area contributed by atoms with Gasteiger partial charge in [0.1, 0.15) is 11.0 Å². The van der Waals surface area contributed by atoms with Gasteiger partial charge in [0.05, 0.1) is 6.26 Å². The largest absolute Gasteiger partial charge is 0.461 e. The van der Waals surface area contributed by atoms with Crippen LogP contribution in [0.3, 0.4) is 0 Å². The van der Waals surface area contributed by atoms with E-state index in [9.17, 15) is 13.0 Å². The Labute approximate surface area is 158 Å². The van der Waals surface area contributed by atoms with E-state index >= 15 is 0 Å². The van der Waals surface area contributed by atoms with Gasteiger partial charge in [-0.3, -0.25) is 4.55 Å². The first kappa shape index (κ1) is 18.1. The van der Waals surface area contributed by atoms with Gasteiger partial charge >= 0.3 is 0 Å². The molecule has 7 heteroatoms. The van der Waals surface area contributed by atoms with E-state index in [2.05, 4.69) is 6.92 Å². The van der Waals surface area contributed by atoms with Crippen molar-refractivity contribution < 1.29 is 27.2 Å². The van der Waals surface area contributed by atoms with E-state index in [1.54, 1.807) is 6.08 Å². The van der Waals surface area contributed by atoms with Crippen molar-refractivity contribution in [2.24, 2.45) is 5.92 Å². The highest BCUT2D eigenvalue weighted by molar-refractivity contribution is 7.87. The van der Waals surface area contributed by atoms with Gasteiger partial charge in [-0.2, -0.15) is 8.42 Å². The maximum atomic E-state index is 12.8. The molecule has 0 amide bonds. The quantitative estimate of drug-likeness (QED) is 0.789. The molecule has 1 aromatic carbocycles. The molecule has 6 nitrogen and oxygen atoms in total. The average Bonchev–Trinajstić information content (AvgIpc) is 2.67. The average molecular weight is 390 g/mol. The summed E-state index contributed by atoms with van der Waals surface area (Å²) in [6, 6.07) is 9.49. The van der Waals surface area contributed by atoms with Gasteiger partial charge in [0, 0.05) is 11.5 Å². The molecule has 1 N–H and O–H groups in total. The van der Waals surface area contributed by atoms with Gasteiger partial charge in [-0.15, -0.1) is 0 Å². The van der Waals surface area contributed by atoms with Crippen molar-refractivity contribution in [2.75, 3.05) is 6.79 Å². The zero-order valence-corrected chi connectivity index (χ0v) is 15.8. The van der Waals surface area contributed by atoms with Crippen LogP contribution in [0.1, 0.15) is 37.7 Å². The normalized spacial score (nSPS) is 30.5. The van der Waals surface area contributed by atoms with Crippen molar-refractivity contribution in [3.8, 4) is 0 Å². The highest BCUT2D eigenvalue weighted by atomic mass is 32.2. The van der Waals surface area contributed by atoms with Gasteiger partial charge in [-0.05, 0) is 36.8 Å². The van der Waals surface area contributed by atoms with Crippen LogP contribution >= 0.6 is 0 Å². The van der Waals surface area contributed by atoms with E-state index in [1.807, 2.05) is 30.3 Å². The van der Waals surface area contributed by atoms with Crippen LogP contribution in [0, 0.1) is 5.92 Å². The van der Waals surface area contributed by atoms with Gasteiger partial charge in [0.2, 0.25) is 12.6 Å². The molecule has 27 heavy (non-hydrogen) atoms. The van der Waals surface area contributed by atoms with Crippen molar-refractivity contribution in [1.29, 1.82) is 0 Å². The predicted octanol–water partition coefficient (Wildman–Crippen LogP) is 3.86. The third-order valence-corrected chi connectivity index (χ3v) is 7.32. The van der Waals surface area contributed by atoms with E-state index in [-0.39, 0.29) is 6.79 Å².